The molecule has 5 aromatic rings. The summed E-state index contributed by atoms with van der Waals surface area (Å²) in [6.45, 7) is 1.66. The number of halogens is 3. The number of nitrogens with zero attached hydrogens (tertiary/aromatic N) is 4. The van der Waals surface area contributed by atoms with E-state index in [0.717, 1.165) is 35.1 Å². The van der Waals surface area contributed by atoms with Gasteiger partial charge in [-0.25, -0.2) is 26.3 Å². The van der Waals surface area contributed by atoms with Crippen molar-refractivity contribution in [2.75, 3.05) is 11.6 Å². The van der Waals surface area contributed by atoms with Crippen molar-refractivity contribution < 1.29 is 21.6 Å². The van der Waals surface area contributed by atoms with Gasteiger partial charge in [0, 0.05) is 38.2 Å². The average molecular weight is 584 g/mol. The summed E-state index contributed by atoms with van der Waals surface area (Å²) in [5.41, 5.74) is 0.0543. The normalized spacial score (nSPS) is 12.6. The number of sulfone groups is 1. The smallest absolute Gasteiger partial charge is 0.287 e. The number of rotatable bonds is 6. The molecule has 0 unspecified atom stereocenters. The SMILES string of the molecule is C[C@@H](Nc1ccc(F)cc1S(C)(=O)=O)c1cc(F)cc2c(=O)n(C)c(-c3cnn(-c4ccc(F)c(=O)n4C)c3)cc12. The predicted molar refractivity (Wildman–Crippen MR) is 148 cm³/mol. The lowest BCUT2D eigenvalue weighted by Gasteiger charge is -2.21. The Morgan fingerprint density at radius 1 is 0.878 bits per heavy atom. The molecular formula is C28H24F3N5O4S. The first-order valence-electron chi connectivity index (χ1n) is 12.3. The van der Waals surface area contributed by atoms with Crippen LogP contribution >= 0.6 is 0 Å². The zero-order valence-electron chi connectivity index (χ0n) is 22.3. The first-order valence-corrected chi connectivity index (χ1v) is 14.2. The first kappa shape index (κ1) is 27.9. The van der Waals surface area contributed by atoms with Crippen molar-refractivity contribution in [3.05, 3.63) is 105 Å². The van der Waals surface area contributed by atoms with E-state index in [4.69, 9.17) is 0 Å². The van der Waals surface area contributed by atoms with Crippen LogP contribution in [0.2, 0.25) is 0 Å². The number of fused-ring (bicyclic) bond motifs is 1. The maximum Gasteiger partial charge on any atom is 0.287 e. The summed E-state index contributed by atoms with van der Waals surface area (Å²) in [6.07, 6.45) is 3.99. The summed E-state index contributed by atoms with van der Waals surface area (Å²) in [5, 5.41) is 7.78. The minimum atomic E-state index is -3.80. The van der Waals surface area contributed by atoms with E-state index in [1.807, 2.05) is 0 Å². The Kier molecular flexibility index (Phi) is 6.85. The standard InChI is InChI=1S/C28H24F3N5O4S/c1-15(33-23-7-5-17(29)11-25(23)41(4,39)40)19-9-18(30)10-21-20(19)12-24(34(2)27(21)37)16-13-32-36(14-16)26-8-6-22(31)28(38)35(26)3/h5-15,33H,1-4H3/t15-/m1/s1. The van der Waals surface area contributed by atoms with E-state index in [0.29, 0.717) is 22.2 Å². The molecule has 1 N–H and O–H groups in total. The molecule has 0 spiro atoms. The number of nitrogens with one attached hydrogen (secondary N) is 1. The highest BCUT2D eigenvalue weighted by Gasteiger charge is 2.21. The van der Waals surface area contributed by atoms with Crippen LogP contribution in [-0.4, -0.2) is 33.6 Å². The molecule has 13 heteroatoms. The van der Waals surface area contributed by atoms with Crippen LogP contribution in [0, 0.1) is 17.5 Å². The molecule has 3 heterocycles. The predicted octanol–water partition coefficient (Wildman–Crippen LogP) is 4.08. The minimum absolute atomic E-state index is 0.0932. The van der Waals surface area contributed by atoms with Crippen molar-refractivity contribution in [2.24, 2.45) is 14.1 Å². The van der Waals surface area contributed by atoms with Crippen LogP contribution in [0.4, 0.5) is 18.9 Å². The van der Waals surface area contributed by atoms with Crippen LogP contribution in [0.15, 0.2) is 75.4 Å². The van der Waals surface area contributed by atoms with Gasteiger partial charge in [-0.05, 0) is 66.4 Å². The van der Waals surface area contributed by atoms with Crippen molar-refractivity contribution >= 4 is 26.3 Å². The molecule has 0 fully saturated rings. The Morgan fingerprint density at radius 2 is 1.61 bits per heavy atom. The maximum absolute atomic E-state index is 14.8. The molecule has 41 heavy (non-hydrogen) atoms. The Bertz CT molecular complexity index is 2080. The molecule has 212 valence electrons. The van der Waals surface area contributed by atoms with Gasteiger partial charge < -0.3 is 9.88 Å². The van der Waals surface area contributed by atoms with Gasteiger partial charge >= 0.3 is 0 Å². The van der Waals surface area contributed by atoms with Gasteiger partial charge in [-0.15, -0.1) is 0 Å². The second-order valence-corrected chi connectivity index (χ2v) is 11.7. The quantitative estimate of drug-likeness (QED) is 0.323. The maximum atomic E-state index is 14.8. The van der Waals surface area contributed by atoms with Crippen LogP contribution in [0.3, 0.4) is 0 Å². The van der Waals surface area contributed by atoms with Crippen molar-refractivity contribution in [1.29, 1.82) is 0 Å². The van der Waals surface area contributed by atoms with E-state index in [1.54, 1.807) is 19.2 Å². The third-order valence-electron chi connectivity index (χ3n) is 6.88. The highest BCUT2D eigenvalue weighted by molar-refractivity contribution is 7.90. The Balaban J connectivity index is 1.64. The molecule has 0 saturated heterocycles. The number of pyridine rings is 2. The minimum Gasteiger partial charge on any atom is -0.377 e. The van der Waals surface area contributed by atoms with E-state index in [2.05, 4.69) is 10.4 Å². The monoisotopic (exact) mass is 583 g/mol. The third kappa shape index (κ3) is 5.04. The fraction of sp³-hybridized carbons (Fsp3) is 0.179. The van der Waals surface area contributed by atoms with Gasteiger partial charge in [0.1, 0.15) is 17.5 Å². The fourth-order valence-electron chi connectivity index (χ4n) is 4.77. The van der Waals surface area contributed by atoms with E-state index in [1.165, 1.54) is 47.7 Å². The summed E-state index contributed by atoms with van der Waals surface area (Å²) in [4.78, 5) is 25.2. The molecule has 0 saturated carbocycles. The molecular weight excluding hydrogens is 559 g/mol. The average Bonchev–Trinajstić information content (AvgIpc) is 3.39. The molecule has 0 aliphatic rings. The molecule has 0 amide bonds. The van der Waals surface area contributed by atoms with E-state index >= 15 is 0 Å². The highest BCUT2D eigenvalue weighted by Crippen LogP contribution is 2.32. The van der Waals surface area contributed by atoms with Gasteiger partial charge in [-0.1, -0.05) is 0 Å². The zero-order chi connectivity index (χ0) is 29.8. The molecule has 3 aromatic heterocycles. The molecule has 2 aromatic carbocycles. The summed E-state index contributed by atoms with van der Waals surface area (Å²) in [7, 11) is -0.878. The van der Waals surface area contributed by atoms with Crippen LogP contribution < -0.4 is 16.4 Å². The first-order chi connectivity index (χ1) is 19.3. The van der Waals surface area contributed by atoms with Crippen LogP contribution in [0.5, 0.6) is 0 Å². The van der Waals surface area contributed by atoms with Crippen molar-refractivity contribution in [3.8, 4) is 17.1 Å². The third-order valence-corrected chi connectivity index (χ3v) is 8.02. The van der Waals surface area contributed by atoms with Crippen molar-refractivity contribution in [2.45, 2.75) is 17.9 Å². The van der Waals surface area contributed by atoms with E-state index < -0.39 is 44.4 Å². The van der Waals surface area contributed by atoms with Gasteiger partial charge in [-0.2, -0.15) is 5.10 Å². The lowest BCUT2D eigenvalue weighted by Crippen LogP contribution is -2.23. The summed E-state index contributed by atoms with van der Waals surface area (Å²) in [6, 6.07) is 9.04. The van der Waals surface area contributed by atoms with Gasteiger partial charge in [0.15, 0.2) is 15.7 Å². The Labute approximate surface area is 232 Å². The lowest BCUT2D eigenvalue weighted by molar-refractivity contribution is 0.583. The molecule has 1 atom stereocenters. The zero-order valence-corrected chi connectivity index (χ0v) is 23.1. The summed E-state index contributed by atoms with van der Waals surface area (Å²) in [5.74, 6) is -2.02. The van der Waals surface area contributed by atoms with Gasteiger partial charge in [0.25, 0.3) is 11.1 Å². The second kappa shape index (κ2) is 10.1. The number of anilines is 1. The van der Waals surface area contributed by atoms with Gasteiger partial charge in [-0.3, -0.25) is 14.2 Å². The molecule has 0 radical (unpaired) electrons. The Hall–Kier alpha value is -4.65. The van der Waals surface area contributed by atoms with Gasteiger partial charge in [0.05, 0.1) is 27.9 Å². The van der Waals surface area contributed by atoms with Crippen LogP contribution in [-0.2, 0) is 23.9 Å². The van der Waals surface area contributed by atoms with Crippen molar-refractivity contribution in [3.63, 3.8) is 0 Å². The molecule has 0 aliphatic carbocycles. The molecule has 9 nitrogen and oxygen atoms in total. The molecule has 0 bridgehead atoms. The Morgan fingerprint density at radius 3 is 2.32 bits per heavy atom. The van der Waals surface area contributed by atoms with Gasteiger partial charge in [0.2, 0.25) is 0 Å². The topological polar surface area (TPSA) is 108 Å². The number of hydrogen-bond acceptors (Lipinski definition) is 6. The number of benzene rings is 2. The number of aromatic nitrogens is 4. The van der Waals surface area contributed by atoms with Crippen molar-refractivity contribution in [1.82, 2.24) is 18.9 Å². The van der Waals surface area contributed by atoms with Crippen LogP contribution in [0.25, 0.3) is 27.8 Å². The molecule has 0 aliphatic heterocycles. The largest absolute Gasteiger partial charge is 0.377 e. The summed E-state index contributed by atoms with van der Waals surface area (Å²) < 4.78 is 70.6. The highest BCUT2D eigenvalue weighted by atomic mass is 32.2. The second-order valence-electron chi connectivity index (χ2n) is 9.71. The van der Waals surface area contributed by atoms with E-state index in [-0.39, 0.29) is 21.8 Å². The van der Waals surface area contributed by atoms with E-state index in [9.17, 15) is 31.2 Å². The lowest BCUT2D eigenvalue weighted by atomic mass is 9.98. The van der Waals surface area contributed by atoms with Crippen LogP contribution in [0.1, 0.15) is 18.5 Å². The fourth-order valence-corrected chi connectivity index (χ4v) is 5.63. The number of hydrogen-bond donors (Lipinski definition) is 1. The molecule has 5 rings (SSSR count). The summed E-state index contributed by atoms with van der Waals surface area (Å²) >= 11 is 0.